The van der Waals surface area contributed by atoms with Crippen LogP contribution in [0.1, 0.15) is 38.7 Å². The van der Waals surface area contributed by atoms with Crippen molar-refractivity contribution >= 4 is 11.6 Å². The highest BCUT2D eigenvalue weighted by atomic mass is 16.1. The van der Waals surface area contributed by atoms with Crippen LogP contribution in [-0.4, -0.2) is 24.4 Å². The van der Waals surface area contributed by atoms with E-state index in [1.807, 2.05) is 31.0 Å². The molecule has 1 aromatic heterocycles. The van der Waals surface area contributed by atoms with Gasteiger partial charge in [-0.25, -0.2) is 4.98 Å². The number of Topliss-reactive ketones (excluding diaryl/α,β-unsaturated/α-hetero) is 1. The lowest BCUT2D eigenvalue weighted by Gasteiger charge is -2.18. The highest BCUT2D eigenvalue weighted by molar-refractivity contribution is 5.82. The molecule has 0 amide bonds. The molecule has 0 spiro atoms. The lowest BCUT2D eigenvalue weighted by molar-refractivity contribution is -0.117. The van der Waals surface area contributed by atoms with Gasteiger partial charge in [0.25, 0.3) is 0 Å². The Morgan fingerprint density at radius 2 is 2.19 bits per heavy atom. The van der Waals surface area contributed by atoms with E-state index < -0.39 is 0 Å². The second kappa shape index (κ2) is 5.64. The van der Waals surface area contributed by atoms with Gasteiger partial charge in [-0.3, -0.25) is 4.79 Å². The summed E-state index contributed by atoms with van der Waals surface area (Å²) in [6.07, 6.45) is 2.38. The van der Waals surface area contributed by atoms with Gasteiger partial charge >= 0.3 is 0 Å². The van der Waals surface area contributed by atoms with Crippen LogP contribution >= 0.6 is 0 Å². The Bertz CT molecular complexity index is 361. The van der Waals surface area contributed by atoms with Crippen LogP contribution in [0.5, 0.6) is 0 Å². The molecule has 0 aliphatic carbocycles. The molecular weight excluding hydrogens is 200 g/mol. The molecule has 0 aliphatic heterocycles. The molecule has 0 aromatic carbocycles. The van der Waals surface area contributed by atoms with E-state index >= 15 is 0 Å². The molecule has 0 saturated heterocycles. The van der Waals surface area contributed by atoms with Crippen LogP contribution < -0.4 is 4.90 Å². The number of carbonyl (C=O) groups is 1. The van der Waals surface area contributed by atoms with E-state index in [0.29, 0.717) is 18.9 Å². The molecular formula is C13H20N2O. The molecule has 0 aliphatic rings. The third-order valence-corrected chi connectivity index (χ3v) is 2.64. The van der Waals surface area contributed by atoms with E-state index in [0.717, 1.165) is 5.82 Å². The maximum atomic E-state index is 11.3. The van der Waals surface area contributed by atoms with E-state index in [4.69, 9.17) is 0 Å². The van der Waals surface area contributed by atoms with Crippen LogP contribution in [0.3, 0.4) is 0 Å². The fourth-order valence-electron chi connectivity index (χ4n) is 1.46. The number of nitrogens with zero attached hydrogens (tertiary/aromatic N) is 2. The molecule has 0 unspecified atom stereocenters. The van der Waals surface area contributed by atoms with Crippen molar-refractivity contribution in [2.45, 2.75) is 33.1 Å². The van der Waals surface area contributed by atoms with Gasteiger partial charge in [-0.05, 0) is 23.6 Å². The quantitative estimate of drug-likeness (QED) is 0.764. The first-order valence-corrected chi connectivity index (χ1v) is 5.73. The Kier molecular flexibility index (Phi) is 4.47. The van der Waals surface area contributed by atoms with Crippen LogP contribution in [0, 0.1) is 0 Å². The molecule has 0 saturated carbocycles. The molecule has 88 valence electrons. The minimum Gasteiger partial charge on any atom is -0.352 e. The third kappa shape index (κ3) is 3.33. The van der Waals surface area contributed by atoms with Crippen LogP contribution in [-0.2, 0) is 4.79 Å². The maximum Gasteiger partial charge on any atom is 0.151 e. The minimum atomic E-state index is 0.235. The van der Waals surface area contributed by atoms with Crippen LogP contribution in [0.25, 0.3) is 0 Å². The minimum absolute atomic E-state index is 0.235. The summed E-state index contributed by atoms with van der Waals surface area (Å²) in [5.41, 5.74) is 1.25. The van der Waals surface area contributed by atoms with Crippen molar-refractivity contribution in [2.24, 2.45) is 0 Å². The second-order valence-electron chi connectivity index (χ2n) is 4.35. The lowest BCUT2D eigenvalue weighted by atomic mass is 10.1. The Labute approximate surface area is 97.5 Å². The number of carbonyl (C=O) groups excluding carboxylic acids is 1. The van der Waals surface area contributed by atoms with Gasteiger partial charge in [0, 0.05) is 19.7 Å². The summed E-state index contributed by atoms with van der Waals surface area (Å²) >= 11 is 0. The molecule has 3 heteroatoms. The normalized spacial score (nSPS) is 10.6. The fourth-order valence-corrected chi connectivity index (χ4v) is 1.46. The molecule has 1 rings (SSSR count). The zero-order chi connectivity index (χ0) is 12.1. The predicted molar refractivity (Wildman–Crippen MR) is 66.9 cm³/mol. The van der Waals surface area contributed by atoms with Gasteiger partial charge in [-0.2, -0.15) is 0 Å². The van der Waals surface area contributed by atoms with E-state index in [9.17, 15) is 4.79 Å². The molecule has 1 aromatic rings. The number of ketones is 1. The zero-order valence-electron chi connectivity index (χ0n) is 10.5. The lowest BCUT2D eigenvalue weighted by Crippen LogP contribution is -2.25. The summed E-state index contributed by atoms with van der Waals surface area (Å²) in [6, 6.07) is 4.07. The van der Waals surface area contributed by atoms with Gasteiger partial charge in [0.2, 0.25) is 0 Å². The molecule has 0 bridgehead atoms. The van der Waals surface area contributed by atoms with Gasteiger partial charge in [-0.1, -0.05) is 20.8 Å². The van der Waals surface area contributed by atoms with E-state index in [-0.39, 0.29) is 5.78 Å². The molecule has 0 radical (unpaired) electrons. The van der Waals surface area contributed by atoms with Crippen molar-refractivity contribution in [1.82, 2.24) is 4.98 Å². The Morgan fingerprint density at radius 1 is 1.50 bits per heavy atom. The first kappa shape index (κ1) is 12.7. The van der Waals surface area contributed by atoms with Crippen molar-refractivity contribution in [3.05, 3.63) is 23.9 Å². The average molecular weight is 220 g/mol. The molecule has 16 heavy (non-hydrogen) atoms. The van der Waals surface area contributed by atoms with Gasteiger partial charge in [0.05, 0.1) is 6.54 Å². The van der Waals surface area contributed by atoms with Crippen LogP contribution in [0.2, 0.25) is 0 Å². The number of anilines is 1. The summed E-state index contributed by atoms with van der Waals surface area (Å²) in [4.78, 5) is 17.5. The van der Waals surface area contributed by atoms with Crippen molar-refractivity contribution in [3.63, 3.8) is 0 Å². The average Bonchev–Trinajstić information content (AvgIpc) is 2.28. The highest BCUT2D eigenvalue weighted by Gasteiger charge is 2.08. The van der Waals surface area contributed by atoms with Gasteiger partial charge in [0.1, 0.15) is 5.82 Å². The first-order valence-electron chi connectivity index (χ1n) is 5.73. The smallest absolute Gasteiger partial charge is 0.151 e. The first-order chi connectivity index (χ1) is 7.54. The second-order valence-corrected chi connectivity index (χ2v) is 4.35. The topological polar surface area (TPSA) is 33.2 Å². The standard InChI is InChI=1S/C13H20N2O/c1-5-12(16)9-15(4)13-8-11(10(2)3)6-7-14-13/h6-8,10H,5,9H2,1-4H3. The largest absolute Gasteiger partial charge is 0.352 e. The van der Waals surface area contributed by atoms with Crippen LogP contribution in [0.4, 0.5) is 5.82 Å². The summed E-state index contributed by atoms with van der Waals surface area (Å²) in [5, 5.41) is 0. The molecule has 3 nitrogen and oxygen atoms in total. The van der Waals surface area contributed by atoms with Gasteiger partial charge < -0.3 is 4.90 Å². The predicted octanol–water partition coefficient (Wildman–Crippen LogP) is 2.62. The van der Waals surface area contributed by atoms with Crippen molar-refractivity contribution in [2.75, 3.05) is 18.5 Å². The summed E-state index contributed by atoms with van der Waals surface area (Å²) in [7, 11) is 1.90. The Balaban J connectivity index is 2.79. The number of aromatic nitrogens is 1. The van der Waals surface area contributed by atoms with Crippen molar-refractivity contribution in [3.8, 4) is 0 Å². The van der Waals surface area contributed by atoms with Gasteiger partial charge in [-0.15, -0.1) is 0 Å². The SMILES string of the molecule is CCC(=O)CN(C)c1cc(C(C)C)ccn1. The summed E-state index contributed by atoms with van der Waals surface area (Å²) < 4.78 is 0. The Hall–Kier alpha value is -1.38. The van der Waals surface area contributed by atoms with E-state index in [1.54, 1.807) is 6.20 Å². The number of hydrogen-bond acceptors (Lipinski definition) is 3. The third-order valence-electron chi connectivity index (χ3n) is 2.64. The highest BCUT2D eigenvalue weighted by Crippen LogP contribution is 2.18. The Morgan fingerprint density at radius 3 is 2.75 bits per heavy atom. The number of likely N-dealkylation sites (N-methyl/N-ethyl adjacent to an activating group) is 1. The monoisotopic (exact) mass is 220 g/mol. The molecule has 0 N–H and O–H groups in total. The van der Waals surface area contributed by atoms with E-state index in [1.165, 1.54) is 5.56 Å². The van der Waals surface area contributed by atoms with E-state index in [2.05, 4.69) is 18.8 Å². The van der Waals surface area contributed by atoms with Gasteiger partial charge in [0.15, 0.2) is 5.78 Å². The fraction of sp³-hybridized carbons (Fsp3) is 0.538. The maximum absolute atomic E-state index is 11.3. The number of hydrogen-bond donors (Lipinski definition) is 0. The number of rotatable bonds is 5. The number of pyridine rings is 1. The molecule has 1 heterocycles. The van der Waals surface area contributed by atoms with Crippen LogP contribution in [0.15, 0.2) is 18.3 Å². The van der Waals surface area contributed by atoms with Crippen molar-refractivity contribution < 1.29 is 4.79 Å². The summed E-state index contributed by atoms with van der Waals surface area (Å²) in [5.74, 6) is 1.59. The zero-order valence-corrected chi connectivity index (χ0v) is 10.5. The molecule has 0 atom stereocenters. The van der Waals surface area contributed by atoms with Crippen molar-refractivity contribution in [1.29, 1.82) is 0 Å². The molecule has 0 fully saturated rings. The summed E-state index contributed by atoms with van der Waals surface area (Å²) in [6.45, 7) is 6.62.